The van der Waals surface area contributed by atoms with Crippen molar-refractivity contribution < 1.29 is 23.1 Å². The van der Waals surface area contributed by atoms with Crippen LogP contribution in [0, 0.1) is 0 Å². The molecule has 37 heavy (non-hydrogen) atoms. The Bertz CT molecular complexity index is 1570. The molecule has 4 aromatic rings. The summed E-state index contributed by atoms with van der Waals surface area (Å²) in [7, 11) is -2.78. The topological polar surface area (TPSA) is 135 Å². The number of ether oxygens (including phenoxy) is 1. The highest BCUT2D eigenvalue weighted by molar-refractivity contribution is 7.89. The van der Waals surface area contributed by atoms with Gasteiger partial charge >= 0.3 is 0 Å². The number of nitrogens with two attached hydrogens (primary N) is 1. The van der Waals surface area contributed by atoms with Crippen LogP contribution in [0.15, 0.2) is 71.8 Å². The van der Waals surface area contributed by atoms with Crippen molar-refractivity contribution in [2.45, 2.75) is 36.8 Å². The van der Waals surface area contributed by atoms with E-state index in [-0.39, 0.29) is 27.7 Å². The van der Waals surface area contributed by atoms with Crippen molar-refractivity contribution in [1.82, 2.24) is 9.71 Å². The molecule has 1 aromatic heterocycles. The van der Waals surface area contributed by atoms with Crippen molar-refractivity contribution in [3.63, 3.8) is 0 Å². The molecular weight excluding hydrogens is 514 g/mol. The highest BCUT2D eigenvalue weighted by Gasteiger charge is 2.33. The number of H-pyrrole nitrogens is 1. The van der Waals surface area contributed by atoms with Crippen LogP contribution in [0.1, 0.15) is 29.8 Å². The second-order valence-corrected chi connectivity index (χ2v) is 11.4. The SMILES string of the molecule is COc1ccc(-c2ccc(C(N)=O)c(Cl)c2)cc1S(=O)(=O)N[C@H](Cc1c[nH]c2ccccc12)C(C)(C)O. The van der Waals surface area contributed by atoms with E-state index in [1.807, 2.05) is 30.5 Å². The number of fused-ring (bicyclic) bond motifs is 1. The van der Waals surface area contributed by atoms with Crippen LogP contribution in [-0.2, 0) is 16.4 Å². The summed E-state index contributed by atoms with van der Waals surface area (Å²) in [4.78, 5) is 14.6. The van der Waals surface area contributed by atoms with Gasteiger partial charge in [0.15, 0.2) is 0 Å². The molecule has 1 heterocycles. The average molecular weight is 542 g/mol. The van der Waals surface area contributed by atoms with Gasteiger partial charge < -0.3 is 20.6 Å². The fraction of sp³-hybridized carbons (Fsp3) is 0.222. The first-order chi connectivity index (χ1) is 17.4. The first kappa shape index (κ1) is 26.7. The molecule has 0 aliphatic heterocycles. The second-order valence-electron chi connectivity index (χ2n) is 9.32. The maximum Gasteiger partial charge on any atom is 0.250 e. The molecule has 0 bridgehead atoms. The zero-order valence-electron chi connectivity index (χ0n) is 20.6. The van der Waals surface area contributed by atoms with Crippen molar-refractivity contribution >= 4 is 38.4 Å². The molecule has 0 saturated carbocycles. The molecule has 0 aliphatic carbocycles. The van der Waals surface area contributed by atoms with Gasteiger partial charge in [-0.15, -0.1) is 0 Å². The van der Waals surface area contributed by atoms with Crippen LogP contribution in [0.5, 0.6) is 5.75 Å². The number of amides is 1. The van der Waals surface area contributed by atoms with Gasteiger partial charge in [-0.05, 0) is 67.3 Å². The van der Waals surface area contributed by atoms with E-state index >= 15 is 0 Å². The Morgan fingerprint density at radius 3 is 2.46 bits per heavy atom. The van der Waals surface area contributed by atoms with Crippen LogP contribution in [0.25, 0.3) is 22.0 Å². The first-order valence-corrected chi connectivity index (χ1v) is 13.3. The largest absolute Gasteiger partial charge is 0.495 e. The molecule has 5 N–H and O–H groups in total. The minimum absolute atomic E-state index is 0.101. The van der Waals surface area contributed by atoms with Crippen LogP contribution in [0.3, 0.4) is 0 Å². The number of methoxy groups -OCH3 is 1. The summed E-state index contributed by atoms with van der Waals surface area (Å²) < 4.78 is 35.4. The summed E-state index contributed by atoms with van der Waals surface area (Å²) in [5, 5.41) is 12.0. The maximum atomic E-state index is 13.7. The quantitative estimate of drug-likeness (QED) is 0.251. The van der Waals surface area contributed by atoms with Crippen LogP contribution in [-0.4, -0.2) is 43.2 Å². The van der Waals surface area contributed by atoms with Gasteiger partial charge in [0.1, 0.15) is 10.6 Å². The van der Waals surface area contributed by atoms with Gasteiger partial charge in [0, 0.05) is 17.1 Å². The third-order valence-corrected chi connectivity index (χ3v) is 8.08. The van der Waals surface area contributed by atoms with Gasteiger partial charge in [0.05, 0.1) is 29.3 Å². The molecule has 194 valence electrons. The molecule has 0 fully saturated rings. The van der Waals surface area contributed by atoms with E-state index in [2.05, 4.69) is 9.71 Å². The highest BCUT2D eigenvalue weighted by atomic mass is 35.5. The first-order valence-electron chi connectivity index (χ1n) is 11.5. The van der Waals surface area contributed by atoms with Crippen LogP contribution < -0.4 is 15.2 Å². The molecule has 3 aromatic carbocycles. The molecule has 8 nitrogen and oxygen atoms in total. The minimum atomic E-state index is -4.16. The van der Waals surface area contributed by atoms with Gasteiger partial charge in [-0.3, -0.25) is 4.79 Å². The Balaban J connectivity index is 1.71. The lowest BCUT2D eigenvalue weighted by atomic mass is 9.93. The molecular formula is C27H28ClN3O5S. The number of carbonyl (C=O) groups excluding carboxylic acids is 1. The standard InChI is InChI=1S/C27H28ClN3O5S/c1-27(2,33)25(14-18-15-30-22-7-5-4-6-19(18)22)31-37(34,35)24-13-17(9-11-23(24)36-3)16-8-10-20(26(29)32)21(28)12-16/h4-13,15,25,30-31,33H,14H2,1-3H3,(H2,29,32)/t25-/m1/s1. The van der Waals surface area contributed by atoms with E-state index in [9.17, 15) is 18.3 Å². The molecule has 10 heteroatoms. The normalized spacial score (nSPS) is 13.0. The number of primary amides is 1. The Morgan fingerprint density at radius 2 is 1.81 bits per heavy atom. The fourth-order valence-electron chi connectivity index (χ4n) is 4.17. The van der Waals surface area contributed by atoms with Crippen molar-refractivity contribution in [2.75, 3.05) is 7.11 Å². The van der Waals surface area contributed by atoms with E-state index in [1.54, 1.807) is 38.1 Å². The number of aromatic amines is 1. The predicted molar refractivity (Wildman–Crippen MR) is 144 cm³/mol. The summed E-state index contributed by atoms with van der Waals surface area (Å²) in [5.41, 5.74) is 7.04. The van der Waals surface area contributed by atoms with E-state index in [0.717, 1.165) is 16.5 Å². The van der Waals surface area contributed by atoms with Gasteiger partial charge in [-0.2, -0.15) is 0 Å². The van der Waals surface area contributed by atoms with Gasteiger partial charge in [0.25, 0.3) is 0 Å². The minimum Gasteiger partial charge on any atom is -0.495 e. The van der Waals surface area contributed by atoms with Crippen molar-refractivity contribution in [1.29, 1.82) is 0 Å². The van der Waals surface area contributed by atoms with E-state index < -0.39 is 27.6 Å². The summed E-state index contributed by atoms with van der Waals surface area (Å²) in [6, 6.07) is 16.2. The summed E-state index contributed by atoms with van der Waals surface area (Å²) in [6.45, 7) is 3.12. The maximum absolute atomic E-state index is 13.7. The number of aromatic nitrogens is 1. The van der Waals surface area contributed by atoms with Gasteiger partial charge in [-0.1, -0.05) is 41.9 Å². The van der Waals surface area contributed by atoms with Gasteiger partial charge in [-0.25, -0.2) is 13.1 Å². The van der Waals surface area contributed by atoms with Crippen molar-refractivity contribution in [3.8, 4) is 16.9 Å². The lowest BCUT2D eigenvalue weighted by Gasteiger charge is -2.30. The number of aliphatic hydroxyl groups is 1. The summed E-state index contributed by atoms with van der Waals surface area (Å²) in [5.74, 6) is -0.524. The Kier molecular flexibility index (Phi) is 7.34. The molecule has 0 radical (unpaired) electrons. The Hall–Kier alpha value is -3.37. The molecule has 0 saturated heterocycles. The smallest absolute Gasteiger partial charge is 0.250 e. The molecule has 0 aliphatic rings. The number of benzene rings is 3. The predicted octanol–water partition coefficient (Wildman–Crippen LogP) is 4.26. The third-order valence-electron chi connectivity index (χ3n) is 6.27. The lowest BCUT2D eigenvalue weighted by Crippen LogP contribution is -2.50. The van der Waals surface area contributed by atoms with E-state index in [1.165, 1.54) is 19.2 Å². The monoisotopic (exact) mass is 541 g/mol. The number of sulfonamides is 1. The number of hydrogen-bond donors (Lipinski definition) is 4. The number of hydrogen-bond acceptors (Lipinski definition) is 5. The number of carbonyl (C=O) groups is 1. The van der Waals surface area contributed by atoms with Gasteiger partial charge in [0.2, 0.25) is 15.9 Å². The molecule has 1 atom stereocenters. The highest BCUT2D eigenvalue weighted by Crippen LogP contribution is 2.33. The number of halogens is 1. The second kappa shape index (κ2) is 10.2. The molecule has 0 unspecified atom stereocenters. The van der Waals surface area contributed by atoms with Crippen LogP contribution >= 0.6 is 11.6 Å². The summed E-state index contributed by atoms with van der Waals surface area (Å²) >= 11 is 6.20. The fourth-order valence-corrected chi connectivity index (χ4v) is 6.01. The zero-order chi connectivity index (χ0) is 27.0. The Labute approximate surface area is 220 Å². The van der Waals surface area contributed by atoms with Crippen LogP contribution in [0.4, 0.5) is 0 Å². The summed E-state index contributed by atoms with van der Waals surface area (Å²) in [6.07, 6.45) is 2.07. The average Bonchev–Trinajstić information content (AvgIpc) is 3.25. The molecule has 4 rings (SSSR count). The third kappa shape index (κ3) is 5.65. The zero-order valence-corrected chi connectivity index (χ0v) is 22.2. The lowest BCUT2D eigenvalue weighted by molar-refractivity contribution is 0.0461. The van der Waals surface area contributed by atoms with Crippen molar-refractivity contribution in [3.05, 3.63) is 83.0 Å². The van der Waals surface area contributed by atoms with Crippen molar-refractivity contribution in [2.24, 2.45) is 5.73 Å². The van der Waals surface area contributed by atoms with E-state index in [0.29, 0.717) is 11.1 Å². The molecule has 0 spiro atoms. The van der Waals surface area contributed by atoms with E-state index in [4.69, 9.17) is 22.1 Å². The number of para-hydroxylation sites is 1. The van der Waals surface area contributed by atoms with Crippen LogP contribution in [0.2, 0.25) is 5.02 Å². The molecule has 1 amide bonds. The number of nitrogens with one attached hydrogen (secondary N) is 2. The Morgan fingerprint density at radius 1 is 1.14 bits per heavy atom. The number of rotatable bonds is 9.